The molecule has 2 heterocycles. The van der Waals surface area contributed by atoms with E-state index < -0.39 is 11.5 Å². The van der Waals surface area contributed by atoms with E-state index in [1.165, 1.54) is 0 Å². The minimum Gasteiger partial charge on any atom is -0.497 e. The van der Waals surface area contributed by atoms with Gasteiger partial charge >= 0.3 is 0 Å². The van der Waals surface area contributed by atoms with Crippen LogP contribution in [0.5, 0.6) is 11.5 Å². The van der Waals surface area contributed by atoms with Crippen molar-refractivity contribution in [3.8, 4) is 11.5 Å². The van der Waals surface area contributed by atoms with Crippen LogP contribution in [0.4, 0.5) is 11.4 Å². The highest BCUT2D eigenvalue weighted by Gasteiger charge is 2.63. The van der Waals surface area contributed by atoms with Crippen LogP contribution in [0.3, 0.4) is 0 Å². The first-order chi connectivity index (χ1) is 13.9. The number of benzene rings is 2. The van der Waals surface area contributed by atoms with Crippen LogP contribution in [0.1, 0.15) is 24.5 Å². The molecule has 0 radical (unpaired) electrons. The molecule has 3 atom stereocenters. The van der Waals surface area contributed by atoms with Gasteiger partial charge in [-0.05, 0) is 38.1 Å². The third-order valence-electron chi connectivity index (χ3n) is 5.93. The molecular formula is C22H26N3O4+. The molecule has 1 saturated heterocycles. The van der Waals surface area contributed by atoms with Crippen molar-refractivity contribution in [1.29, 1.82) is 0 Å². The Labute approximate surface area is 169 Å². The summed E-state index contributed by atoms with van der Waals surface area (Å²) in [5.74, 6) is 0.287. The number of methoxy groups -OCH3 is 2. The fourth-order valence-electron chi connectivity index (χ4n) is 4.60. The molecule has 4 rings (SSSR count). The molecule has 1 fully saturated rings. The Bertz CT molecular complexity index is 990. The van der Waals surface area contributed by atoms with Gasteiger partial charge in [0.1, 0.15) is 17.4 Å². The van der Waals surface area contributed by atoms with Crippen LogP contribution in [0.15, 0.2) is 36.4 Å². The monoisotopic (exact) mass is 396 g/mol. The summed E-state index contributed by atoms with van der Waals surface area (Å²) < 4.78 is 10.7. The molecule has 2 aromatic carbocycles. The zero-order valence-corrected chi connectivity index (χ0v) is 17.0. The number of hydrogen-bond donors (Lipinski definition) is 3. The summed E-state index contributed by atoms with van der Waals surface area (Å²) in [6.07, 6.45) is 0.596. The highest BCUT2D eigenvalue weighted by atomic mass is 16.5. The van der Waals surface area contributed by atoms with Crippen LogP contribution in [-0.2, 0) is 15.1 Å². The van der Waals surface area contributed by atoms with E-state index in [2.05, 4.69) is 10.6 Å². The predicted octanol–water partition coefficient (Wildman–Crippen LogP) is 1.77. The number of carbonyl (C=O) groups is 2. The number of aryl methyl sites for hydroxylation is 1. The highest BCUT2D eigenvalue weighted by molar-refractivity contribution is 6.09. The topological polar surface area (TPSA) is 93.3 Å². The zero-order chi connectivity index (χ0) is 20.8. The molecule has 29 heavy (non-hydrogen) atoms. The lowest BCUT2D eigenvalue weighted by molar-refractivity contribution is -0.729. The number of amides is 2. The number of quaternary nitrogens is 1. The van der Waals surface area contributed by atoms with Crippen molar-refractivity contribution in [1.82, 2.24) is 0 Å². The van der Waals surface area contributed by atoms with E-state index in [1.807, 2.05) is 37.4 Å². The fourth-order valence-corrected chi connectivity index (χ4v) is 4.60. The van der Waals surface area contributed by atoms with E-state index in [9.17, 15) is 9.59 Å². The van der Waals surface area contributed by atoms with Crippen molar-refractivity contribution in [2.45, 2.75) is 31.8 Å². The van der Waals surface area contributed by atoms with Gasteiger partial charge in [0.2, 0.25) is 11.4 Å². The van der Waals surface area contributed by atoms with Crippen molar-refractivity contribution in [2.24, 2.45) is 5.92 Å². The fraction of sp³-hybridized carbons (Fsp3) is 0.364. The summed E-state index contributed by atoms with van der Waals surface area (Å²) in [6.45, 7) is 4.04. The summed E-state index contributed by atoms with van der Waals surface area (Å²) >= 11 is 0. The molecule has 2 aromatic rings. The van der Waals surface area contributed by atoms with Gasteiger partial charge in [0.15, 0.2) is 0 Å². The molecule has 4 N–H and O–H groups in total. The highest BCUT2D eigenvalue weighted by Crippen LogP contribution is 2.43. The van der Waals surface area contributed by atoms with Gasteiger partial charge in [0.05, 0.1) is 31.6 Å². The van der Waals surface area contributed by atoms with Gasteiger partial charge < -0.3 is 25.4 Å². The maximum absolute atomic E-state index is 13.4. The molecule has 1 spiro atoms. The first kappa shape index (κ1) is 19.3. The van der Waals surface area contributed by atoms with Gasteiger partial charge in [0, 0.05) is 18.1 Å². The summed E-state index contributed by atoms with van der Waals surface area (Å²) in [4.78, 5) is 26.6. The second-order valence-corrected chi connectivity index (χ2v) is 7.86. The molecular weight excluding hydrogens is 370 g/mol. The quantitative estimate of drug-likeness (QED) is 0.734. The second kappa shape index (κ2) is 7.08. The van der Waals surface area contributed by atoms with Crippen LogP contribution in [0.25, 0.3) is 0 Å². The lowest BCUT2D eigenvalue weighted by Crippen LogP contribution is -2.97. The van der Waals surface area contributed by atoms with E-state index in [4.69, 9.17) is 9.47 Å². The molecule has 0 aromatic heterocycles. The number of hydrogen-bond acceptors (Lipinski definition) is 4. The normalized spacial score (nSPS) is 24.9. The van der Waals surface area contributed by atoms with Crippen molar-refractivity contribution in [2.75, 3.05) is 24.9 Å². The first-order valence-electron chi connectivity index (χ1n) is 9.70. The van der Waals surface area contributed by atoms with Gasteiger partial charge in [-0.15, -0.1) is 0 Å². The number of anilines is 2. The number of fused-ring (bicyclic) bond motifs is 2. The Morgan fingerprint density at radius 2 is 2.00 bits per heavy atom. The molecule has 7 heteroatoms. The van der Waals surface area contributed by atoms with E-state index >= 15 is 0 Å². The number of nitrogens with one attached hydrogen (secondary N) is 2. The van der Waals surface area contributed by atoms with Crippen LogP contribution in [0, 0.1) is 12.8 Å². The minimum absolute atomic E-state index is 0.134. The molecule has 2 amide bonds. The van der Waals surface area contributed by atoms with Crippen LogP contribution in [-0.4, -0.2) is 32.1 Å². The first-order valence-corrected chi connectivity index (χ1v) is 9.70. The van der Waals surface area contributed by atoms with Crippen molar-refractivity contribution in [3.63, 3.8) is 0 Å². The van der Waals surface area contributed by atoms with Gasteiger partial charge in [-0.25, -0.2) is 0 Å². The standard InChI is InChI=1S/C22H25N3O4/c1-12-5-7-17-15(9-12)22(21(27)24-17)16(10-13(2)25-22)20(26)23-18-11-14(28-3)6-8-19(18)29-4/h5-9,11,13,16,25H,10H2,1-4H3,(H,23,26)(H,24,27)/p+1/t13-,16+,22-/m0/s1. The summed E-state index contributed by atoms with van der Waals surface area (Å²) in [7, 11) is 3.12. The van der Waals surface area contributed by atoms with Crippen molar-refractivity contribution >= 4 is 23.2 Å². The van der Waals surface area contributed by atoms with E-state index in [0.29, 0.717) is 23.6 Å². The van der Waals surface area contributed by atoms with E-state index in [-0.39, 0.29) is 17.9 Å². The lowest BCUT2D eigenvalue weighted by atomic mass is 9.79. The number of carbonyl (C=O) groups excluding carboxylic acids is 2. The van der Waals surface area contributed by atoms with Gasteiger partial charge in [0.25, 0.3) is 5.91 Å². The third-order valence-corrected chi connectivity index (χ3v) is 5.93. The number of rotatable bonds is 4. The van der Waals surface area contributed by atoms with Crippen LogP contribution >= 0.6 is 0 Å². The zero-order valence-electron chi connectivity index (χ0n) is 17.0. The van der Waals surface area contributed by atoms with Gasteiger partial charge in [-0.2, -0.15) is 0 Å². The SMILES string of the molecule is COc1ccc(OC)c(NC(=O)[C@H]2C[C@H](C)[NH2+][C@]23C(=O)Nc2ccc(C)cc23)c1. The number of nitrogens with two attached hydrogens (primary N) is 1. The van der Waals surface area contributed by atoms with Gasteiger partial charge in [-0.3, -0.25) is 9.59 Å². The van der Waals surface area contributed by atoms with E-state index in [0.717, 1.165) is 16.8 Å². The van der Waals surface area contributed by atoms with Crippen LogP contribution in [0.2, 0.25) is 0 Å². The average molecular weight is 396 g/mol. The summed E-state index contributed by atoms with van der Waals surface area (Å²) in [6, 6.07) is 11.3. The second-order valence-electron chi connectivity index (χ2n) is 7.86. The smallest absolute Gasteiger partial charge is 0.291 e. The van der Waals surface area contributed by atoms with E-state index in [1.54, 1.807) is 32.4 Å². The lowest BCUT2D eigenvalue weighted by Gasteiger charge is -2.26. The molecule has 2 aliphatic rings. The van der Waals surface area contributed by atoms with Crippen molar-refractivity contribution in [3.05, 3.63) is 47.5 Å². The molecule has 0 bridgehead atoms. The maximum Gasteiger partial charge on any atom is 0.291 e. The van der Waals surface area contributed by atoms with Crippen molar-refractivity contribution < 1.29 is 24.4 Å². The maximum atomic E-state index is 13.4. The largest absolute Gasteiger partial charge is 0.497 e. The Morgan fingerprint density at radius 3 is 2.72 bits per heavy atom. The Kier molecular flexibility index (Phi) is 4.70. The molecule has 2 aliphatic heterocycles. The molecule has 0 unspecified atom stereocenters. The minimum atomic E-state index is -0.961. The molecule has 7 nitrogen and oxygen atoms in total. The van der Waals surface area contributed by atoms with Crippen LogP contribution < -0.4 is 25.4 Å². The Balaban J connectivity index is 1.73. The molecule has 0 saturated carbocycles. The van der Waals surface area contributed by atoms with Gasteiger partial charge in [-0.1, -0.05) is 11.6 Å². The summed E-state index contributed by atoms with van der Waals surface area (Å²) in [5, 5.41) is 7.97. The molecule has 152 valence electrons. The third kappa shape index (κ3) is 3.02. The summed E-state index contributed by atoms with van der Waals surface area (Å²) in [5.41, 5.74) is 2.28. The number of ether oxygens (including phenoxy) is 2. The predicted molar refractivity (Wildman–Crippen MR) is 109 cm³/mol. The molecule has 0 aliphatic carbocycles. The Morgan fingerprint density at radius 1 is 1.21 bits per heavy atom. The Hall–Kier alpha value is -3.06. The average Bonchev–Trinajstić information content (AvgIpc) is 3.19.